The van der Waals surface area contributed by atoms with Gasteiger partial charge in [0.25, 0.3) is 5.91 Å². The Balaban J connectivity index is 1.59. The smallest absolute Gasteiger partial charge is 0.416 e. The molecular weight excluding hydrogens is 489 g/mol. The summed E-state index contributed by atoms with van der Waals surface area (Å²) in [4.78, 5) is 32.4. The molecule has 2 heterocycles. The van der Waals surface area contributed by atoms with Gasteiger partial charge in [-0.05, 0) is 35.4 Å². The lowest BCUT2D eigenvalue weighted by molar-refractivity contribution is -0.137. The lowest BCUT2D eigenvalue weighted by Gasteiger charge is -2.23. The molecule has 4 rings (SSSR count). The molecule has 1 aliphatic rings. The van der Waals surface area contributed by atoms with Crippen molar-refractivity contribution in [2.75, 3.05) is 17.7 Å². The molecule has 190 valence electrons. The minimum atomic E-state index is -4.47. The van der Waals surface area contributed by atoms with Crippen LogP contribution in [0.1, 0.15) is 22.3 Å². The van der Waals surface area contributed by atoms with Gasteiger partial charge in [0.15, 0.2) is 0 Å². The third kappa shape index (κ3) is 6.01. The van der Waals surface area contributed by atoms with Gasteiger partial charge in [-0.2, -0.15) is 13.2 Å². The molecule has 0 bridgehead atoms. The molecule has 2 amide bonds. The van der Waals surface area contributed by atoms with Crippen molar-refractivity contribution in [2.24, 2.45) is 0 Å². The zero-order valence-corrected chi connectivity index (χ0v) is 19.4. The predicted molar refractivity (Wildman–Crippen MR) is 130 cm³/mol. The van der Waals surface area contributed by atoms with Gasteiger partial charge in [0.1, 0.15) is 6.10 Å². The summed E-state index contributed by atoms with van der Waals surface area (Å²) in [6, 6.07) is 9.67. The van der Waals surface area contributed by atoms with E-state index in [2.05, 4.69) is 20.6 Å². The third-order valence-corrected chi connectivity index (χ3v) is 5.55. The second-order valence-electron chi connectivity index (χ2n) is 8.00. The number of hydrogen-bond acceptors (Lipinski definition) is 6. The highest BCUT2D eigenvalue weighted by molar-refractivity contribution is 6.03. The van der Waals surface area contributed by atoms with Crippen LogP contribution in [0.25, 0.3) is 5.57 Å². The van der Waals surface area contributed by atoms with E-state index >= 15 is 0 Å². The van der Waals surface area contributed by atoms with E-state index < -0.39 is 29.7 Å². The van der Waals surface area contributed by atoms with Gasteiger partial charge in [0.05, 0.1) is 12.7 Å². The molecule has 11 heteroatoms. The normalized spacial score (nSPS) is 15.8. The number of benzene rings is 2. The Kier molecular flexibility index (Phi) is 7.35. The van der Waals surface area contributed by atoms with Crippen molar-refractivity contribution in [2.45, 2.75) is 18.7 Å². The number of hydrogen-bond donors (Lipinski definition) is 3. The number of carbonyl (C=O) groups is 2. The molecule has 0 saturated carbocycles. The van der Waals surface area contributed by atoms with Crippen LogP contribution in [0.3, 0.4) is 0 Å². The average molecular weight is 510 g/mol. The number of aliphatic hydroxyl groups excluding tert-OH is 1. The standard InChI is InChI=1S/C26H21F3N4O4/c1-37-25-30-13-16(14-31-25)18(15-8-10-17(11-9-15)26(27,28)29)4-2-7-23(35)32-20-5-3-6-21-19(20)12-22(34)24(36)33-21/h2-11,13-14,22,34H,12H2,1H3,(H,32,35)(H,33,36)/b7-2+,18-4+. The van der Waals surface area contributed by atoms with Gasteiger partial charge < -0.3 is 20.5 Å². The van der Waals surface area contributed by atoms with Crippen molar-refractivity contribution in [3.63, 3.8) is 0 Å². The van der Waals surface area contributed by atoms with Crippen molar-refractivity contribution in [1.29, 1.82) is 0 Å². The number of ether oxygens (including phenoxy) is 1. The van der Waals surface area contributed by atoms with E-state index in [9.17, 15) is 27.9 Å². The van der Waals surface area contributed by atoms with Gasteiger partial charge >= 0.3 is 12.2 Å². The van der Waals surface area contributed by atoms with Crippen molar-refractivity contribution >= 4 is 28.8 Å². The summed E-state index contributed by atoms with van der Waals surface area (Å²) in [6.45, 7) is 0. The van der Waals surface area contributed by atoms with E-state index in [1.165, 1.54) is 43.8 Å². The number of methoxy groups -OCH3 is 1. The number of carbonyl (C=O) groups excluding carboxylic acids is 2. The summed E-state index contributed by atoms with van der Waals surface area (Å²) < 4.78 is 44.0. The number of allylic oxidation sites excluding steroid dienone is 2. The number of aliphatic hydroxyl groups is 1. The maximum absolute atomic E-state index is 13.0. The zero-order valence-electron chi connectivity index (χ0n) is 19.4. The Morgan fingerprint density at radius 1 is 1.14 bits per heavy atom. The Hall–Kier alpha value is -4.51. The lowest BCUT2D eigenvalue weighted by Crippen LogP contribution is -2.34. The van der Waals surface area contributed by atoms with Gasteiger partial charge in [-0.15, -0.1) is 0 Å². The highest BCUT2D eigenvalue weighted by Gasteiger charge is 2.30. The molecular formula is C26H21F3N4O4. The molecule has 0 fully saturated rings. The topological polar surface area (TPSA) is 113 Å². The van der Waals surface area contributed by atoms with E-state index in [0.29, 0.717) is 33.6 Å². The first-order chi connectivity index (χ1) is 17.7. The zero-order chi connectivity index (χ0) is 26.6. The molecule has 3 aromatic rings. The molecule has 3 N–H and O–H groups in total. The second-order valence-corrected chi connectivity index (χ2v) is 8.00. The molecule has 0 saturated heterocycles. The fourth-order valence-corrected chi connectivity index (χ4v) is 3.71. The van der Waals surface area contributed by atoms with E-state index in [1.807, 2.05) is 0 Å². The first kappa shape index (κ1) is 25.6. The number of halogens is 3. The third-order valence-electron chi connectivity index (χ3n) is 5.55. The number of amides is 2. The Bertz CT molecular complexity index is 1370. The first-order valence-corrected chi connectivity index (χ1v) is 11.0. The minimum absolute atomic E-state index is 0.0524. The molecule has 8 nitrogen and oxygen atoms in total. The molecule has 1 aromatic heterocycles. The summed E-state index contributed by atoms with van der Waals surface area (Å²) in [5.41, 5.74) is 2.16. The SMILES string of the molecule is COc1ncc(/C(=C/C=C/C(=O)Nc2cccc3c2CC(O)C(=O)N3)c2ccc(C(F)(F)F)cc2)cn1. The van der Waals surface area contributed by atoms with Gasteiger partial charge in [0, 0.05) is 47.4 Å². The number of rotatable bonds is 6. The van der Waals surface area contributed by atoms with Gasteiger partial charge in [-0.3, -0.25) is 9.59 Å². The van der Waals surface area contributed by atoms with Crippen LogP contribution in [0.4, 0.5) is 24.5 Å². The van der Waals surface area contributed by atoms with Crippen LogP contribution in [-0.2, 0) is 22.2 Å². The molecule has 2 aromatic carbocycles. The lowest BCUT2D eigenvalue weighted by atomic mass is 9.98. The van der Waals surface area contributed by atoms with Crippen LogP contribution in [-0.4, -0.2) is 40.1 Å². The molecule has 1 unspecified atom stereocenters. The van der Waals surface area contributed by atoms with Crippen LogP contribution in [0.5, 0.6) is 6.01 Å². The second kappa shape index (κ2) is 10.6. The summed E-state index contributed by atoms with van der Waals surface area (Å²) in [5.74, 6) is -1.01. The summed E-state index contributed by atoms with van der Waals surface area (Å²) in [7, 11) is 1.40. The van der Waals surface area contributed by atoms with Crippen LogP contribution < -0.4 is 15.4 Å². The fourth-order valence-electron chi connectivity index (χ4n) is 3.71. The van der Waals surface area contributed by atoms with Crippen molar-refractivity contribution < 1.29 is 32.6 Å². The molecule has 1 aliphatic heterocycles. The monoisotopic (exact) mass is 510 g/mol. The Morgan fingerprint density at radius 2 is 1.84 bits per heavy atom. The average Bonchev–Trinajstić information content (AvgIpc) is 2.87. The number of alkyl halides is 3. The molecule has 37 heavy (non-hydrogen) atoms. The van der Waals surface area contributed by atoms with Crippen molar-refractivity contribution in [3.8, 4) is 6.01 Å². The highest BCUT2D eigenvalue weighted by atomic mass is 19.4. The molecule has 0 radical (unpaired) electrons. The summed E-state index contributed by atoms with van der Waals surface area (Å²) in [5, 5.41) is 15.2. The fraction of sp³-hybridized carbons (Fsp3) is 0.154. The van der Waals surface area contributed by atoms with Crippen LogP contribution in [0.15, 0.2) is 73.1 Å². The van der Waals surface area contributed by atoms with Crippen molar-refractivity contribution in [1.82, 2.24) is 9.97 Å². The van der Waals surface area contributed by atoms with Crippen LogP contribution >= 0.6 is 0 Å². The van der Waals surface area contributed by atoms with Gasteiger partial charge in [0.2, 0.25) is 5.91 Å². The maximum atomic E-state index is 13.0. The molecule has 0 spiro atoms. The van der Waals surface area contributed by atoms with Crippen LogP contribution in [0.2, 0.25) is 0 Å². The quantitative estimate of drug-likeness (QED) is 0.342. The van der Waals surface area contributed by atoms with E-state index in [4.69, 9.17) is 4.74 Å². The van der Waals surface area contributed by atoms with Gasteiger partial charge in [-0.25, -0.2) is 9.97 Å². The van der Waals surface area contributed by atoms with E-state index in [0.717, 1.165) is 12.1 Å². The maximum Gasteiger partial charge on any atom is 0.416 e. The number of nitrogens with zero attached hydrogens (tertiary/aromatic N) is 2. The van der Waals surface area contributed by atoms with Crippen molar-refractivity contribution in [3.05, 3.63) is 95.3 Å². The number of aromatic nitrogens is 2. The largest absolute Gasteiger partial charge is 0.467 e. The van der Waals surface area contributed by atoms with Crippen LogP contribution in [0, 0.1) is 0 Å². The number of fused-ring (bicyclic) bond motifs is 1. The Morgan fingerprint density at radius 3 is 2.49 bits per heavy atom. The molecule has 0 aliphatic carbocycles. The summed E-state index contributed by atoms with van der Waals surface area (Å²) >= 11 is 0. The highest BCUT2D eigenvalue weighted by Crippen LogP contribution is 2.32. The van der Waals surface area contributed by atoms with E-state index in [-0.39, 0.29) is 12.4 Å². The predicted octanol–water partition coefficient (Wildman–Crippen LogP) is 3.99. The number of nitrogens with one attached hydrogen (secondary N) is 2. The first-order valence-electron chi connectivity index (χ1n) is 11.0. The minimum Gasteiger partial charge on any atom is -0.467 e. The van der Waals surface area contributed by atoms with Gasteiger partial charge in [-0.1, -0.05) is 30.4 Å². The molecule has 1 atom stereocenters. The number of anilines is 2. The Labute approximate surface area is 209 Å². The van der Waals surface area contributed by atoms with E-state index in [1.54, 1.807) is 24.3 Å². The summed E-state index contributed by atoms with van der Waals surface area (Å²) in [6.07, 6.45) is 1.51.